The number of H-pyrrole nitrogens is 2. The number of nitrogens with zero attached hydrogens (tertiary/aromatic N) is 1. The highest BCUT2D eigenvalue weighted by molar-refractivity contribution is 5.24. The largest absolute Gasteiger partial charge is 0.344 e. The van der Waals surface area contributed by atoms with E-state index in [1.807, 2.05) is 0 Å². The summed E-state index contributed by atoms with van der Waals surface area (Å²) < 4.78 is 65.4. The predicted octanol–water partition coefficient (Wildman–Crippen LogP) is 0.608. The molecule has 0 unspecified atom stereocenters. The second-order valence-corrected chi connectivity index (χ2v) is 3.49. The van der Waals surface area contributed by atoms with E-state index >= 15 is 0 Å². The van der Waals surface area contributed by atoms with Crippen LogP contribution in [0.1, 0.15) is 5.56 Å². The molecule has 0 saturated carbocycles. The van der Waals surface area contributed by atoms with Crippen LogP contribution in [0.5, 0.6) is 0 Å². The zero-order valence-electron chi connectivity index (χ0n) is 8.86. The van der Waals surface area contributed by atoms with Gasteiger partial charge in [0.25, 0.3) is 0 Å². The summed E-state index contributed by atoms with van der Waals surface area (Å²) in [5.74, 6) is -10.8. The standard InChI is InChI=1S/C9H4F5N3O2/c10-3-2(1-17-8(18)15-16-9(17)19)4(11)6(13)7(14)5(3)12/h1H2,(H,15,18)(H,16,19). The number of hydrogen-bond donors (Lipinski definition) is 2. The molecule has 0 spiro atoms. The molecule has 1 aromatic carbocycles. The van der Waals surface area contributed by atoms with E-state index in [9.17, 15) is 31.5 Å². The maximum atomic E-state index is 13.3. The van der Waals surface area contributed by atoms with Gasteiger partial charge in [-0.05, 0) is 0 Å². The molecule has 0 saturated heterocycles. The number of halogens is 5. The van der Waals surface area contributed by atoms with E-state index < -0.39 is 52.6 Å². The summed E-state index contributed by atoms with van der Waals surface area (Å²) in [5, 5.41) is 3.60. The molecular weight excluding hydrogens is 277 g/mol. The van der Waals surface area contributed by atoms with Crippen molar-refractivity contribution in [1.29, 1.82) is 0 Å². The average Bonchev–Trinajstić information content (AvgIpc) is 2.70. The molecule has 19 heavy (non-hydrogen) atoms. The van der Waals surface area contributed by atoms with Gasteiger partial charge in [0.05, 0.1) is 6.54 Å². The second-order valence-electron chi connectivity index (χ2n) is 3.49. The number of nitrogens with one attached hydrogen (secondary N) is 2. The maximum absolute atomic E-state index is 13.3. The molecule has 0 aliphatic heterocycles. The van der Waals surface area contributed by atoms with Crippen LogP contribution in [-0.2, 0) is 6.54 Å². The van der Waals surface area contributed by atoms with Gasteiger partial charge in [0.1, 0.15) is 0 Å². The molecule has 0 aliphatic carbocycles. The molecule has 0 atom stereocenters. The molecule has 1 aromatic heterocycles. The van der Waals surface area contributed by atoms with Crippen molar-refractivity contribution in [1.82, 2.24) is 14.8 Å². The molecule has 5 nitrogen and oxygen atoms in total. The lowest BCUT2D eigenvalue weighted by molar-refractivity contribution is 0.367. The third kappa shape index (κ3) is 1.94. The Kier molecular flexibility index (Phi) is 3.00. The lowest BCUT2D eigenvalue weighted by Crippen LogP contribution is -2.28. The summed E-state index contributed by atoms with van der Waals surface area (Å²) in [6.07, 6.45) is 0. The van der Waals surface area contributed by atoms with Crippen LogP contribution < -0.4 is 11.4 Å². The fraction of sp³-hybridized carbons (Fsp3) is 0.111. The van der Waals surface area contributed by atoms with Gasteiger partial charge in [-0.15, -0.1) is 0 Å². The first-order valence-corrected chi connectivity index (χ1v) is 4.72. The number of aromatic nitrogens is 3. The monoisotopic (exact) mass is 281 g/mol. The molecular formula is C9H4F5N3O2. The van der Waals surface area contributed by atoms with Gasteiger partial charge >= 0.3 is 11.4 Å². The third-order valence-electron chi connectivity index (χ3n) is 2.38. The molecule has 10 heteroatoms. The van der Waals surface area contributed by atoms with Crippen molar-refractivity contribution >= 4 is 0 Å². The summed E-state index contributed by atoms with van der Waals surface area (Å²) in [6, 6.07) is 0. The van der Waals surface area contributed by atoms with E-state index in [0.717, 1.165) is 0 Å². The lowest BCUT2D eigenvalue weighted by Gasteiger charge is -2.07. The molecule has 0 fully saturated rings. The Morgan fingerprint density at radius 3 is 1.53 bits per heavy atom. The summed E-state index contributed by atoms with van der Waals surface area (Å²) in [7, 11) is 0. The van der Waals surface area contributed by atoms with Gasteiger partial charge < -0.3 is 0 Å². The number of aromatic amines is 2. The molecule has 0 amide bonds. The van der Waals surface area contributed by atoms with Gasteiger partial charge in [0.15, 0.2) is 23.3 Å². The first kappa shape index (κ1) is 13.1. The summed E-state index contributed by atoms with van der Waals surface area (Å²) in [4.78, 5) is 22.1. The highest BCUT2D eigenvalue weighted by atomic mass is 19.2. The Morgan fingerprint density at radius 1 is 0.737 bits per heavy atom. The number of rotatable bonds is 2. The average molecular weight is 281 g/mol. The van der Waals surface area contributed by atoms with Crippen LogP contribution in [0.3, 0.4) is 0 Å². The van der Waals surface area contributed by atoms with Crippen molar-refractivity contribution in [2.45, 2.75) is 6.54 Å². The summed E-state index contributed by atoms with van der Waals surface area (Å²) in [6.45, 7) is -1.09. The lowest BCUT2D eigenvalue weighted by atomic mass is 10.1. The maximum Gasteiger partial charge on any atom is 0.344 e. The first-order valence-electron chi connectivity index (χ1n) is 4.72. The Labute approximate surface area is 99.8 Å². The molecule has 2 aromatic rings. The zero-order chi connectivity index (χ0) is 14.3. The zero-order valence-corrected chi connectivity index (χ0v) is 8.86. The van der Waals surface area contributed by atoms with Crippen molar-refractivity contribution in [3.05, 3.63) is 55.6 Å². The van der Waals surface area contributed by atoms with Gasteiger partial charge in [-0.2, -0.15) is 0 Å². The highest BCUT2D eigenvalue weighted by Crippen LogP contribution is 2.23. The molecule has 1 heterocycles. The van der Waals surface area contributed by atoms with Gasteiger partial charge in [-0.1, -0.05) is 0 Å². The summed E-state index contributed by atoms with van der Waals surface area (Å²) in [5.41, 5.74) is -3.42. The van der Waals surface area contributed by atoms with Crippen LogP contribution in [0.15, 0.2) is 9.59 Å². The van der Waals surface area contributed by atoms with E-state index in [4.69, 9.17) is 0 Å². The predicted molar refractivity (Wildman–Crippen MR) is 51.0 cm³/mol. The fourth-order valence-corrected chi connectivity index (χ4v) is 1.43. The first-order chi connectivity index (χ1) is 8.84. The van der Waals surface area contributed by atoms with Gasteiger partial charge in [-0.25, -0.2) is 46.3 Å². The van der Waals surface area contributed by atoms with E-state index in [-0.39, 0.29) is 4.57 Å². The number of benzene rings is 1. The Bertz CT molecular complexity index is 704. The number of hydrogen-bond acceptors (Lipinski definition) is 2. The molecule has 2 rings (SSSR count). The summed E-state index contributed by atoms with van der Waals surface area (Å²) >= 11 is 0. The second kappa shape index (κ2) is 4.37. The van der Waals surface area contributed by atoms with Crippen LogP contribution in [0, 0.1) is 29.1 Å². The van der Waals surface area contributed by atoms with Crippen LogP contribution >= 0.6 is 0 Å². The Morgan fingerprint density at radius 2 is 1.11 bits per heavy atom. The van der Waals surface area contributed by atoms with Crippen LogP contribution in [0.25, 0.3) is 0 Å². The minimum Gasteiger partial charge on any atom is -0.247 e. The SMILES string of the molecule is O=c1[nH][nH]c(=O)n1Cc1c(F)c(F)c(F)c(F)c1F. The van der Waals surface area contributed by atoms with E-state index in [2.05, 4.69) is 0 Å². The van der Waals surface area contributed by atoms with Gasteiger partial charge in [0, 0.05) is 5.56 Å². The minimum atomic E-state index is -2.31. The third-order valence-corrected chi connectivity index (χ3v) is 2.38. The van der Waals surface area contributed by atoms with Crippen molar-refractivity contribution in [2.24, 2.45) is 0 Å². The van der Waals surface area contributed by atoms with E-state index in [0.29, 0.717) is 0 Å². The van der Waals surface area contributed by atoms with Crippen LogP contribution in [-0.4, -0.2) is 14.8 Å². The Hall–Kier alpha value is -2.39. The van der Waals surface area contributed by atoms with E-state index in [1.165, 1.54) is 0 Å². The fourth-order valence-electron chi connectivity index (χ4n) is 1.43. The van der Waals surface area contributed by atoms with Crippen molar-refractivity contribution in [2.75, 3.05) is 0 Å². The smallest absolute Gasteiger partial charge is 0.247 e. The molecule has 0 aliphatic rings. The van der Waals surface area contributed by atoms with Gasteiger partial charge in [-0.3, -0.25) is 0 Å². The van der Waals surface area contributed by atoms with Crippen molar-refractivity contribution in [3.63, 3.8) is 0 Å². The van der Waals surface area contributed by atoms with Crippen LogP contribution in [0.4, 0.5) is 22.0 Å². The van der Waals surface area contributed by atoms with E-state index in [1.54, 1.807) is 10.2 Å². The highest BCUT2D eigenvalue weighted by Gasteiger charge is 2.26. The molecule has 102 valence electrons. The molecule has 2 N–H and O–H groups in total. The van der Waals surface area contributed by atoms with Crippen molar-refractivity contribution < 1.29 is 22.0 Å². The quantitative estimate of drug-likeness (QED) is 0.481. The molecule has 0 bridgehead atoms. The topological polar surface area (TPSA) is 70.7 Å². The minimum absolute atomic E-state index is 0.248. The van der Waals surface area contributed by atoms with Gasteiger partial charge in [0.2, 0.25) is 5.82 Å². The normalized spacial score (nSPS) is 11.0. The molecule has 0 radical (unpaired) electrons. The Balaban J connectivity index is 2.65. The van der Waals surface area contributed by atoms with Crippen LogP contribution in [0.2, 0.25) is 0 Å². The van der Waals surface area contributed by atoms with Crippen molar-refractivity contribution in [3.8, 4) is 0 Å².